The van der Waals surface area contributed by atoms with Crippen LogP contribution in [-0.2, 0) is 4.79 Å². The summed E-state index contributed by atoms with van der Waals surface area (Å²) in [5.41, 5.74) is 3.02. The number of nitrogens with one attached hydrogen (secondary N) is 1. The van der Waals surface area contributed by atoms with Gasteiger partial charge in [-0.1, -0.05) is 42.5 Å². The lowest BCUT2D eigenvalue weighted by molar-refractivity contribution is -0.122. The van der Waals surface area contributed by atoms with Crippen molar-refractivity contribution in [3.8, 4) is 11.3 Å². The van der Waals surface area contributed by atoms with E-state index in [2.05, 4.69) is 15.4 Å². The zero-order chi connectivity index (χ0) is 24.4. The van der Waals surface area contributed by atoms with Gasteiger partial charge in [0.1, 0.15) is 11.4 Å². The van der Waals surface area contributed by atoms with Crippen LogP contribution in [0.1, 0.15) is 15.9 Å². The molecule has 1 aliphatic rings. The number of hydrogen-bond donors (Lipinski definition) is 1. The van der Waals surface area contributed by atoms with Crippen LogP contribution in [0.25, 0.3) is 23.0 Å². The van der Waals surface area contributed by atoms with E-state index in [9.17, 15) is 18.8 Å². The average molecular weight is 488 g/mol. The summed E-state index contributed by atoms with van der Waals surface area (Å²) >= 11 is 0.808. The second-order valence-corrected chi connectivity index (χ2v) is 8.62. The predicted octanol–water partition coefficient (Wildman–Crippen LogP) is 4.00. The fourth-order valence-electron chi connectivity index (χ4n) is 3.66. The molecule has 8 nitrogen and oxygen atoms in total. The molecule has 0 aliphatic carbocycles. The highest BCUT2D eigenvalue weighted by atomic mass is 32.2. The fourth-order valence-corrected chi connectivity index (χ4v) is 4.52. The number of benzene rings is 2. The summed E-state index contributed by atoms with van der Waals surface area (Å²) in [4.78, 5) is 43.4. The second-order valence-electron chi connectivity index (χ2n) is 7.63. The van der Waals surface area contributed by atoms with Crippen LogP contribution >= 0.6 is 11.8 Å². The molecule has 4 aromatic rings. The molecule has 174 valence electrons. The lowest BCUT2D eigenvalue weighted by Gasteiger charge is -2.12. The Labute approximate surface area is 203 Å². The van der Waals surface area contributed by atoms with Crippen molar-refractivity contribution in [1.29, 1.82) is 0 Å². The van der Waals surface area contributed by atoms with Crippen LogP contribution in [-0.4, -0.2) is 49.6 Å². The monoisotopic (exact) mass is 487 g/mol. The first-order valence-electron chi connectivity index (χ1n) is 10.7. The van der Waals surface area contributed by atoms with E-state index in [1.807, 2.05) is 36.4 Å². The molecule has 2 aromatic carbocycles. The minimum absolute atomic E-state index is 0.0130. The van der Waals surface area contributed by atoms with Gasteiger partial charge in [-0.3, -0.25) is 19.3 Å². The molecule has 5 rings (SSSR count). The van der Waals surface area contributed by atoms with E-state index >= 15 is 0 Å². The molecule has 1 aliphatic heterocycles. The Morgan fingerprint density at radius 1 is 1.06 bits per heavy atom. The van der Waals surface area contributed by atoms with Crippen molar-refractivity contribution in [2.45, 2.75) is 0 Å². The van der Waals surface area contributed by atoms with Gasteiger partial charge in [-0.2, -0.15) is 5.10 Å². The highest BCUT2D eigenvalue weighted by Crippen LogP contribution is 2.32. The lowest BCUT2D eigenvalue weighted by atomic mass is 10.1. The van der Waals surface area contributed by atoms with Crippen LogP contribution in [0.5, 0.6) is 0 Å². The minimum Gasteiger partial charge on any atom is -0.350 e. The average Bonchev–Trinajstić information content (AvgIpc) is 3.42. The summed E-state index contributed by atoms with van der Waals surface area (Å²) in [6.45, 7) is 0.0789. The number of carbonyl (C=O) groups excluding carboxylic acids is 3. The molecule has 1 fully saturated rings. The molecule has 1 saturated heterocycles. The Morgan fingerprint density at radius 2 is 1.83 bits per heavy atom. The molecule has 1 N–H and O–H groups in total. The third-order valence-electron chi connectivity index (χ3n) is 5.38. The topological polar surface area (TPSA) is 96.7 Å². The van der Waals surface area contributed by atoms with E-state index in [4.69, 9.17) is 0 Å². The second kappa shape index (κ2) is 9.51. The smallest absolute Gasteiger partial charge is 0.293 e. The molecule has 0 unspecified atom stereocenters. The zero-order valence-corrected chi connectivity index (χ0v) is 19.0. The number of hydrogen-bond acceptors (Lipinski definition) is 6. The quantitative estimate of drug-likeness (QED) is 0.413. The van der Waals surface area contributed by atoms with Crippen LogP contribution in [0.3, 0.4) is 0 Å². The summed E-state index contributed by atoms with van der Waals surface area (Å²) in [6, 6.07) is 17.1. The maximum absolute atomic E-state index is 13.1. The van der Waals surface area contributed by atoms with Crippen LogP contribution in [0.2, 0.25) is 0 Å². The van der Waals surface area contributed by atoms with E-state index < -0.39 is 17.1 Å². The maximum Gasteiger partial charge on any atom is 0.293 e. The first-order chi connectivity index (χ1) is 17.0. The summed E-state index contributed by atoms with van der Waals surface area (Å²) in [6.07, 6.45) is 4.59. The summed E-state index contributed by atoms with van der Waals surface area (Å²) < 4.78 is 14.7. The number of carbonyl (C=O) groups is 3. The predicted molar refractivity (Wildman–Crippen MR) is 130 cm³/mol. The number of aromatic nitrogens is 3. The van der Waals surface area contributed by atoms with E-state index in [0.29, 0.717) is 11.2 Å². The van der Waals surface area contributed by atoms with Crippen LogP contribution in [0.4, 0.5) is 9.18 Å². The first-order valence-corrected chi connectivity index (χ1v) is 11.5. The molecule has 2 aromatic heterocycles. The van der Waals surface area contributed by atoms with E-state index in [1.54, 1.807) is 10.7 Å². The molecule has 0 spiro atoms. The minimum atomic E-state index is -0.455. The van der Waals surface area contributed by atoms with Gasteiger partial charge in [-0.05, 0) is 41.6 Å². The first kappa shape index (κ1) is 22.5. The highest BCUT2D eigenvalue weighted by Gasteiger charge is 2.34. The SMILES string of the molecule is O=C(NCCN1C(=O)S/C(=C\c2ccc(F)cc2)C1=O)c1cnn2c(-c3ccccc3)ccnc12. The van der Waals surface area contributed by atoms with Crippen molar-refractivity contribution in [2.24, 2.45) is 0 Å². The van der Waals surface area contributed by atoms with Crippen molar-refractivity contribution < 1.29 is 18.8 Å². The van der Waals surface area contributed by atoms with Gasteiger partial charge in [0, 0.05) is 24.8 Å². The third-order valence-corrected chi connectivity index (χ3v) is 6.29. The van der Waals surface area contributed by atoms with Gasteiger partial charge in [0.2, 0.25) is 0 Å². The largest absolute Gasteiger partial charge is 0.350 e. The summed E-state index contributed by atoms with van der Waals surface area (Å²) in [7, 11) is 0. The van der Waals surface area contributed by atoms with Crippen molar-refractivity contribution in [3.63, 3.8) is 0 Å². The number of amides is 3. The summed E-state index contributed by atoms with van der Waals surface area (Å²) in [5, 5.41) is 6.62. The van der Waals surface area contributed by atoms with E-state index in [1.165, 1.54) is 36.5 Å². The molecule has 35 heavy (non-hydrogen) atoms. The fraction of sp³-hybridized carbons (Fsp3) is 0.0800. The number of fused-ring (bicyclic) bond motifs is 1. The maximum atomic E-state index is 13.1. The molecule has 0 saturated carbocycles. The van der Waals surface area contributed by atoms with Gasteiger partial charge >= 0.3 is 0 Å². The van der Waals surface area contributed by atoms with Gasteiger partial charge in [-0.25, -0.2) is 13.9 Å². The molecule has 3 heterocycles. The van der Waals surface area contributed by atoms with Crippen LogP contribution in [0, 0.1) is 5.82 Å². The number of imide groups is 1. The Bertz CT molecular complexity index is 1470. The van der Waals surface area contributed by atoms with Crippen LogP contribution in [0.15, 0.2) is 78.0 Å². The standard InChI is InChI=1S/C25H18FN5O3S/c26-18-8-6-16(7-9-18)14-21-24(33)30(25(34)35-21)13-12-28-23(32)19-15-29-31-20(10-11-27-22(19)31)17-4-2-1-3-5-17/h1-11,14-15H,12-13H2,(H,28,32)/b21-14-. The van der Waals surface area contributed by atoms with Crippen molar-refractivity contribution in [1.82, 2.24) is 24.8 Å². The van der Waals surface area contributed by atoms with Crippen molar-refractivity contribution in [3.05, 3.63) is 94.9 Å². The molecular weight excluding hydrogens is 469 g/mol. The Morgan fingerprint density at radius 3 is 2.60 bits per heavy atom. The van der Waals surface area contributed by atoms with Crippen molar-refractivity contribution in [2.75, 3.05) is 13.1 Å². The Balaban J connectivity index is 1.25. The molecule has 0 bridgehead atoms. The van der Waals surface area contributed by atoms with Crippen LogP contribution < -0.4 is 5.32 Å². The van der Waals surface area contributed by atoms with Gasteiger partial charge in [0.05, 0.1) is 16.8 Å². The molecule has 0 radical (unpaired) electrons. The third kappa shape index (κ3) is 4.56. The molecule has 0 atom stereocenters. The Kier molecular flexibility index (Phi) is 6.11. The molecular formula is C25H18FN5O3S. The van der Waals surface area contributed by atoms with Gasteiger partial charge in [-0.15, -0.1) is 0 Å². The van der Waals surface area contributed by atoms with Gasteiger partial charge in [0.25, 0.3) is 17.1 Å². The van der Waals surface area contributed by atoms with Gasteiger partial charge in [0.15, 0.2) is 5.65 Å². The zero-order valence-electron chi connectivity index (χ0n) is 18.2. The van der Waals surface area contributed by atoms with Crippen molar-refractivity contribution >= 4 is 40.5 Å². The van der Waals surface area contributed by atoms with E-state index in [0.717, 1.165) is 27.9 Å². The molecule has 3 amide bonds. The number of thioether (sulfide) groups is 1. The van der Waals surface area contributed by atoms with E-state index in [-0.39, 0.29) is 29.4 Å². The number of rotatable bonds is 6. The molecule has 10 heteroatoms. The van der Waals surface area contributed by atoms with Gasteiger partial charge < -0.3 is 5.32 Å². The highest BCUT2D eigenvalue weighted by molar-refractivity contribution is 8.18. The normalized spacial score (nSPS) is 14.8. The number of halogens is 1. The lowest BCUT2D eigenvalue weighted by Crippen LogP contribution is -2.37. The Hall–Kier alpha value is -4.31. The number of nitrogens with zero attached hydrogens (tertiary/aromatic N) is 4. The summed E-state index contributed by atoms with van der Waals surface area (Å²) in [5.74, 6) is -1.25.